The molecule has 5 rings (SSSR count). The summed E-state index contributed by atoms with van der Waals surface area (Å²) in [6, 6.07) is 0. The van der Waals surface area contributed by atoms with Gasteiger partial charge in [-0.3, -0.25) is 0 Å². The van der Waals surface area contributed by atoms with Gasteiger partial charge in [0.2, 0.25) is 0 Å². The summed E-state index contributed by atoms with van der Waals surface area (Å²) in [5, 5.41) is 2.76. The Morgan fingerprint density at radius 2 is 1.75 bits per heavy atom. The number of hydrogen-bond acceptors (Lipinski definition) is 4. The van der Waals surface area contributed by atoms with Crippen molar-refractivity contribution in [2.75, 3.05) is 7.11 Å². The molecule has 0 saturated heterocycles. The number of nitrogens with one attached hydrogen (secondary N) is 1. The van der Waals surface area contributed by atoms with Crippen molar-refractivity contribution in [2.24, 2.45) is 17.8 Å². The second-order valence-electron chi connectivity index (χ2n) is 6.93. The number of carbonyl (C=O) groups is 1. The molecule has 5 heteroatoms. The van der Waals surface area contributed by atoms with Gasteiger partial charge < -0.3 is 9.26 Å². The van der Waals surface area contributed by atoms with Crippen molar-refractivity contribution in [3.05, 3.63) is 21.7 Å². The molecule has 1 heterocycles. The van der Waals surface area contributed by atoms with Gasteiger partial charge in [0.25, 0.3) is 0 Å². The number of rotatable bonds is 2. The van der Waals surface area contributed by atoms with Gasteiger partial charge in [0.05, 0.1) is 12.8 Å². The topological polar surface area (TPSA) is 72.3 Å². The number of carbonyl (C=O) groups excluding carboxylic acids is 1. The Labute approximate surface area is 116 Å². The third-order valence-electron chi connectivity index (χ3n) is 5.66. The van der Waals surface area contributed by atoms with Gasteiger partial charge >= 0.3 is 11.6 Å². The van der Waals surface area contributed by atoms with Crippen LogP contribution in [0.15, 0.2) is 9.32 Å². The fraction of sp³-hybridized carbons (Fsp3) is 0.733. The minimum Gasteiger partial charge on any atom is -0.465 e. The largest absolute Gasteiger partial charge is 0.465 e. The van der Waals surface area contributed by atoms with E-state index < -0.39 is 11.6 Å². The lowest BCUT2D eigenvalue weighted by molar-refractivity contribution is -0.00911. The van der Waals surface area contributed by atoms with E-state index in [1.165, 1.54) is 26.4 Å². The molecule has 4 fully saturated rings. The molecule has 1 aromatic rings. The summed E-state index contributed by atoms with van der Waals surface area (Å²) < 4.78 is 9.69. The highest BCUT2D eigenvalue weighted by atomic mass is 16.5. The van der Waals surface area contributed by atoms with E-state index in [2.05, 4.69) is 5.16 Å². The van der Waals surface area contributed by atoms with E-state index in [1.807, 2.05) is 0 Å². The third kappa shape index (κ3) is 1.55. The highest BCUT2D eigenvalue weighted by Crippen LogP contribution is 2.60. The Morgan fingerprint density at radius 3 is 2.25 bits per heavy atom. The van der Waals surface area contributed by atoms with Gasteiger partial charge in [0.1, 0.15) is 0 Å². The Balaban J connectivity index is 1.81. The zero-order chi connectivity index (χ0) is 13.9. The van der Waals surface area contributed by atoms with Crippen LogP contribution in [-0.2, 0) is 10.2 Å². The van der Waals surface area contributed by atoms with Gasteiger partial charge in [0, 0.05) is 5.41 Å². The molecule has 0 unspecified atom stereocenters. The molecule has 4 aliphatic rings. The lowest BCUT2D eigenvalue weighted by Gasteiger charge is -2.56. The Bertz CT molecular complexity index is 576. The van der Waals surface area contributed by atoms with Crippen LogP contribution in [0.5, 0.6) is 0 Å². The molecule has 0 amide bonds. The first kappa shape index (κ1) is 12.2. The first-order valence-electron chi connectivity index (χ1n) is 7.41. The minimum absolute atomic E-state index is 0.0650. The molecule has 0 spiro atoms. The quantitative estimate of drug-likeness (QED) is 0.841. The number of aromatic nitrogens is 1. The predicted octanol–water partition coefficient (Wildman–Crippen LogP) is 2.22. The van der Waals surface area contributed by atoms with E-state index in [0.717, 1.165) is 37.0 Å². The van der Waals surface area contributed by atoms with E-state index >= 15 is 0 Å². The Kier molecular flexibility index (Phi) is 2.44. The van der Waals surface area contributed by atoms with Crippen LogP contribution in [0, 0.1) is 17.8 Å². The van der Waals surface area contributed by atoms with E-state index in [9.17, 15) is 9.59 Å². The normalized spacial score (nSPS) is 38.1. The van der Waals surface area contributed by atoms with Gasteiger partial charge in [-0.15, -0.1) is 0 Å². The zero-order valence-corrected chi connectivity index (χ0v) is 11.6. The molecule has 4 saturated carbocycles. The van der Waals surface area contributed by atoms with Crippen LogP contribution in [0.3, 0.4) is 0 Å². The molecule has 108 valence electrons. The molecule has 1 N–H and O–H groups in total. The average molecular weight is 277 g/mol. The van der Waals surface area contributed by atoms with Gasteiger partial charge in [-0.2, -0.15) is 0 Å². The minimum atomic E-state index is -0.595. The molecule has 5 nitrogen and oxygen atoms in total. The van der Waals surface area contributed by atoms with Crippen LogP contribution in [0.25, 0.3) is 0 Å². The molecule has 4 bridgehead atoms. The molecular formula is C15H19NO4. The maximum atomic E-state index is 11.9. The molecule has 0 aromatic carbocycles. The van der Waals surface area contributed by atoms with Crippen LogP contribution in [0.1, 0.15) is 54.6 Å². The monoisotopic (exact) mass is 277 g/mol. The van der Waals surface area contributed by atoms with Crippen LogP contribution in [0.4, 0.5) is 0 Å². The van der Waals surface area contributed by atoms with E-state index in [0.29, 0.717) is 5.69 Å². The molecule has 0 atom stereocenters. The fourth-order valence-electron chi connectivity index (χ4n) is 5.38. The highest BCUT2D eigenvalue weighted by molar-refractivity contribution is 5.90. The first-order chi connectivity index (χ1) is 9.61. The lowest BCUT2D eigenvalue weighted by Crippen LogP contribution is -2.49. The van der Waals surface area contributed by atoms with E-state index in [4.69, 9.17) is 9.26 Å². The van der Waals surface area contributed by atoms with E-state index in [1.54, 1.807) is 0 Å². The molecule has 4 aliphatic carbocycles. The van der Waals surface area contributed by atoms with Gasteiger partial charge in [0.15, 0.2) is 5.56 Å². The molecular weight excluding hydrogens is 258 g/mol. The summed E-state index contributed by atoms with van der Waals surface area (Å²) in [6.07, 6.45) is 7.15. The zero-order valence-electron chi connectivity index (χ0n) is 11.6. The van der Waals surface area contributed by atoms with Crippen LogP contribution in [0.2, 0.25) is 0 Å². The van der Waals surface area contributed by atoms with Gasteiger partial charge in [-0.1, -0.05) is 0 Å². The van der Waals surface area contributed by atoms with Gasteiger partial charge in [-0.25, -0.2) is 14.7 Å². The standard InChI is InChI=1S/C15H19NO4/c1-19-13(17)11-12(16-20-14(11)18)15-5-8-2-9(6-15)4-10(3-8)7-15/h8-10,16H,2-7H2,1H3. The molecule has 0 radical (unpaired) electrons. The van der Waals surface area contributed by atoms with Crippen LogP contribution in [-0.4, -0.2) is 18.2 Å². The number of ether oxygens (including phenoxy) is 1. The summed E-state index contributed by atoms with van der Waals surface area (Å²) >= 11 is 0. The maximum Gasteiger partial charge on any atom is 0.372 e. The SMILES string of the molecule is COC(=O)c1c(C23CC4CC(CC(C4)C2)C3)[nH]oc1=O. The Hall–Kier alpha value is -1.52. The molecule has 1 aromatic heterocycles. The van der Waals surface area contributed by atoms with Crippen molar-refractivity contribution < 1.29 is 14.1 Å². The van der Waals surface area contributed by atoms with Gasteiger partial charge in [-0.05, 0) is 56.3 Å². The fourth-order valence-corrected chi connectivity index (χ4v) is 5.38. The van der Waals surface area contributed by atoms with Crippen molar-refractivity contribution in [1.29, 1.82) is 0 Å². The molecule has 20 heavy (non-hydrogen) atoms. The number of esters is 1. The van der Waals surface area contributed by atoms with Crippen molar-refractivity contribution in [2.45, 2.75) is 43.9 Å². The van der Waals surface area contributed by atoms with Crippen LogP contribution >= 0.6 is 0 Å². The Morgan fingerprint density at radius 1 is 1.20 bits per heavy atom. The number of aromatic amines is 1. The van der Waals surface area contributed by atoms with Crippen molar-refractivity contribution in [1.82, 2.24) is 5.16 Å². The average Bonchev–Trinajstić information content (AvgIpc) is 2.79. The summed E-state index contributed by atoms with van der Waals surface area (Å²) in [4.78, 5) is 23.7. The van der Waals surface area contributed by atoms with E-state index in [-0.39, 0.29) is 11.0 Å². The summed E-state index contributed by atoms with van der Waals surface area (Å²) in [6.45, 7) is 0. The maximum absolute atomic E-state index is 11.9. The molecule has 0 aliphatic heterocycles. The number of methoxy groups -OCH3 is 1. The number of H-pyrrole nitrogens is 1. The third-order valence-corrected chi connectivity index (χ3v) is 5.66. The lowest BCUT2D eigenvalue weighted by atomic mass is 9.48. The second-order valence-corrected chi connectivity index (χ2v) is 6.93. The smallest absolute Gasteiger partial charge is 0.372 e. The summed E-state index contributed by atoms with van der Waals surface area (Å²) in [5.74, 6) is 1.64. The first-order valence-corrected chi connectivity index (χ1v) is 7.41. The number of hydrogen-bond donors (Lipinski definition) is 1. The summed E-state index contributed by atoms with van der Waals surface area (Å²) in [7, 11) is 1.30. The predicted molar refractivity (Wildman–Crippen MR) is 70.5 cm³/mol. The summed E-state index contributed by atoms with van der Waals surface area (Å²) in [5.41, 5.74) is 0.134. The van der Waals surface area contributed by atoms with Crippen molar-refractivity contribution in [3.8, 4) is 0 Å². The van der Waals surface area contributed by atoms with Crippen molar-refractivity contribution >= 4 is 5.97 Å². The van der Waals surface area contributed by atoms with Crippen LogP contribution < -0.4 is 5.63 Å². The highest BCUT2D eigenvalue weighted by Gasteiger charge is 2.54. The second kappa shape index (κ2) is 3.99. The van der Waals surface area contributed by atoms with Crippen molar-refractivity contribution in [3.63, 3.8) is 0 Å².